The first kappa shape index (κ1) is 11.5. The average Bonchev–Trinajstić information content (AvgIpc) is 1.75. The molecule has 1 saturated heterocycles. The third-order valence-electron chi connectivity index (χ3n) is 1.37. The normalized spacial score (nSPS) is 17.6. The van der Waals surface area contributed by atoms with Crippen LogP contribution in [-0.4, -0.2) is 31.2 Å². The number of carbonyl (C=O) groups excluding carboxylic acids is 1. The molecule has 1 rings (SSSR count). The zero-order valence-electron chi connectivity index (χ0n) is 5.94. The molecule has 12 heavy (non-hydrogen) atoms. The molecule has 1 aliphatic heterocycles. The molecule has 0 aromatic carbocycles. The van der Waals surface area contributed by atoms with Crippen LogP contribution in [0.1, 0.15) is 0 Å². The number of rotatable bonds is 1. The fourth-order valence-corrected chi connectivity index (χ4v) is 0.658. The van der Waals surface area contributed by atoms with E-state index in [0.717, 1.165) is 0 Å². The maximum absolute atomic E-state index is 11.5. The van der Waals surface area contributed by atoms with Gasteiger partial charge in [0.15, 0.2) is 0 Å². The van der Waals surface area contributed by atoms with E-state index >= 15 is 0 Å². The SMILES string of the molecule is Cl.O=C(NC1CNC1)C(F)(F)F. The second-order valence-corrected chi connectivity index (χ2v) is 2.33. The molecule has 0 atom stereocenters. The molecule has 1 fully saturated rings. The second kappa shape index (κ2) is 3.95. The number of amides is 1. The summed E-state index contributed by atoms with van der Waals surface area (Å²) < 4.78 is 34.6. The Morgan fingerprint density at radius 3 is 2.17 bits per heavy atom. The van der Waals surface area contributed by atoms with Crippen LogP contribution in [0.5, 0.6) is 0 Å². The Hall–Kier alpha value is -0.490. The first-order valence-corrected chi connectivity index (χ1v) is 3.08. The van der Waals surface area contributed by atoms with Crippen molar-refractivity contribution in [1.29, 1.82) is 0 Å². The summed E-state index contributed by atoms with van der Waals surface area (Å²) in [6, 6.07) is -0.357. The number of hydrogen-bond acceptors (Lipinski definition) is 2. The van der Waals surface area contributed by atoms with E-state index in [0.29, 0.717) is 13.1 Å². The van der Waals surface area contributed by atoms with E-state index in [1.165, 1.54) is 0 Å². The minimum absolute atomic E-state index is 0. The Morgan fingerprint density at radius 2 is 1.92 bits per heavy atom. The zero-order valence-corrected chi connectivity index (χ0v) is 6.76. The molecule has 1 heterocycles. The molecular weight excluding hydrogens is 197 g/mol. The smallest absolute Gasteiger partial charge is 0.343 e. The molecule has 0 radical (unpaired) electrons. The Morgan fingerprint density at radius 1 is 1.42 bits per heavy atom. The Bertz CT molecular complexity index is 169. The fraction of sp³-hybridized carbons (Fsp3) is 0.800. The number of carbonyl (C=O) groups is 1. The van der Waals surface area contributed by atoms with Crippen molar-refractivity contribution in [2.75, 3.05) is 13.1 Å². The van der Waals surface area contributed by atoms with Gasteiger partial charge in [0, 0.05) is 13.1 Å². The van der Waals surface area contributed by atoms with E-state index in [1.807, 2.05) is 5.32 Å². The molecule has 1 amide bonds. The summed E-state index contributed by atoms with van der Waals surface area (Å²) in [7, 11) is 0. The summed E-state index contributed by atoms with van der Waals surface area (Å²) in [5, 5.41) is 4.57. The molecule has 0 aromatic rings. The van der Waals surface area contributed by atoms with Gasteiger partial charge in [0.2, 0.25) is 0 Å². The molecule has 0 saturated carbocycles. The average molecular weight is 205 g/mol. The number of alkyl halides is 3. The highest BCUT2D eigenvalue weighted by Crippen LogP contribution is 2.14. The van der Waals surface area contributed by atoms with Crippen LogP contribution in [0.15, 0.2) is 0 Å². The van der Waals surface area contributed by atoms with Gasteiger partial charge in [-0.3, -0.25) is 4.79 Å². The number of hydrogen-bond donors (Lipinski definition) is 2. The van der Waals surface area contributed by atoms with E-state index in [9.17, 15) is 18.0 Å². The van der Waals surface area contributed by atoms with Crippen LogP contribution in [-0.2, 0) is 4.79 Å². The molecule has 0 spiro atoms. The van der Waals surface area contributed by atoms with Crippen molar-refractivity contribution in [2.45, 2.75) is 12.2 Å². The van der Waals surface area contributed by atoms with Gasteiger partial charge in [-0.2, -0.15) is 13.2 Å². The first-order valence-electron chi connectivity index (χ1n) is 3.08. The standard InChI is InChI=1S/C5H7F3N2O.ClH/c6-5(7,8)4(11)10-3-1-9-2-3;/h3,9H,1-2H2,(H,10,11);1H. The minimum atomic E-state index is -4.75. The Kier molecular flexibility index (Phi) is 3.79. The van der Waals surface area contributed by atoms with Gasteiger partial charge >= 0.3 is 12.1 Å². The highest BCUT2D eigenvalue weighted by molar-refractivity contribution is 5.85. The van der Waals surface area contributed by atoms with Gasteiger partial charge in [0.1, 0.15) is 0 Å². The molecule has 0 aliphatic carbocycles. The van der Waals surface area contributed by atoms with E-state index in [1.54, 1.807) is 0 Å². The van der Waals surface area contributed by atoms with Gasteiger partial charge in [-0.1, -0.05) is 0 Å². The number of halogens is 4. The van der Waals surface area contributed by atoms with Gasteiger partial charge in [-0.05, 0) is 0 Å². The monoisotopic (exact) mass is 204 g/mol. The first-order chi connectivity index (χ1) is 5.00. The van der Waals surface area contributed by atoms with Crippen molar-refractivity contribution in [3.63, 3.8) is 0 Å². The lowest BCUT2D eigenvalue weighted by molar-refractivity contribution is -0.174. The minimum Gasteiger partial charge on any atom is -0.343 e. The van der Waals surface area contributed by atoms with Crippen molar-refractivity contribution in [3.8, 4) is 0 Å². The lowest BCUT2D eigenvalue weighted by atomic mass is 10.2. The summed E-state index contributed by atoms with van der Waals surface area (Å²) in [5.41, 5.74) is 0. The van der Waals surface area contributed by atoms with Crippen molar-refractivity contribution >= 4 is 18.3 Å². The van der Waals surface area contributed by atoms with E-state index in [2.05, 4.69) is 5.32 Å². The van der Waals surface area contributed by atoms with Crippen LogP contribution in [0, 0.1) is 0 Å². The summed E-state index contributed by atoms with van der Waals surface area (Å²) in [6.45, 7) is 0.837. The van der Waals surface area contributed by atoms with Gasteiger partial charge in [-0.15, -0.1) is 12.4 Å². The summed E-state index contributed by atoms with van der Waals surface area (Å²) in [5.74, 6) is -1.86. The molecule has 0 bridgehead atoms. The topological polar surface area (TPSA) is 41.1 Å². The Labute approximate surface area is 73.1 Å². The molecule has 72 valence electrons. The fourth-order valence-electron chi connectivity index (χ4n) is 0.658. The maximum Gasteiger partial charge on any atom is 0.471 e. The predicted octanol–water partition coefficient (Wildman–Crippen LogP) is 0.0585. The third-order valence-corrected chi connectivity index (χ3v) is 1.37. The summed E-state index contributed by atoms with van der Waals surface area (Å²) in [6.07, 6.45) is -4.75. The van der Waals surface area contributed by atoms with Gasteiger partial charge < -0.3 is 10.6 Å². The van der Waals surface area contributed by atoms with Crippen LogP contribution in [0.4, 0.5) is 13.2 Å². The van der Waals surface area contributed by atoms with E-state index < -0.39 is 12.1 Å². The molecule has 1 aliphatic rings. The molecule has 3 nitrogen and oxygen atoms in total. The lowest BCUT2D eigenvalue weighted by Gasteiger charge is -2.28. The van der Waals surface area contributed by atoms with E-state index in [-0.39, 0.29) is 18.4 Å². The zero-order chi connectivity index (χ0) is 8.48. The molecule has 0 aromatic heterocycles. The van der Waals surface area contributed by atoms with Crippen LogP contribution >= 0.6 is 12.4 Å². The van der Waals surface area contributed by atoms with Crippen molar-refractivity contribution in [1.82, 2.24) is 10.6 Å². The highest BCUT2D eigenvalue weighted by Gasteiger charge is 2.40. The van der Waals surface area contributed by atoms with Gasteiger partial charge in [-0.25, -0.2) is 0 Å². The van der Waals surface area contributed by atoms with Crippen LogP contribution in [0.25, 0.3) is 0 Å². The molecular formula is C5H8ClF3N2O. The summed E-state index contributed by atoms with van der Waals surface area (Å²) in [4.78, 5) is 10.2. The van der Waals surface area contributed by atoms with Gasteiger partial charge in [0.05, 0.1) is 6.04 Å². The summed E-state index contributed by atoms with van der Waals surface area (Å²) >= 11 is 0. The van der Waals surface area contributed by atoms with Crippen molar-refractivity contribution < 1.29 is 18.0 Å². The largest absolute Gasteiger partial charge is 0.471 e. The second-order valence-electron chi connectivity index (χ2n) is 2.33. The van der Waals surface area contributed by atoms with Crippen LogP contribution < -0.4 is 10.6 Å². The third kappa shape index (κ3) is 2.86. The van der Waals surface area contributed by atoms with Crippen LogP contribution in [0.2, 0.25) is 0 Å². The van der Waals surface area contributed by atoms with Crippen molar-refractivity contribution in [3.05, 3.63) is 0 Å². The molecule has 2 N–H and O–H groups in total. The number of nitrogens with one attached hydrogen (secondary N) is 2. The van der Waals surface area contributed by atoms with Crippen LogP contribution in [0.3, 0.4) is 0 Å². The predicted molar refractivity (Wildman–Crippen MR) is 38.1 cm³/mol. The lowest BCUT2D eigenvalue weighted by Crippen LogP contribution is -2.59. The van der Waals surface area contributed by atoms with E-state index in [4.69, 9.17) is 0 Å². The molecule has 0 unspecified atom stereocenters. The highest BCUT2D eigenvalue weighted by atomic mass is 35.5. The van der Waals surface area contributed by atoms with Crippen molar-refractivity contribution in [2.24, 2.45) is 0 Å². The Balaban J connectivity index is 0.00000121. The quantitative estimate of drug-likeness (QED) is 0.634. The molecule has 7 heteroatoms. The van der Waals surface area contributed by atoms with Gasteiger partial charge in [0.25, 0.3) is 0 Å². The maximum atomic E-state index is 11.5.